The molecule has 1 aromatic carbocycles. The first kappa shape index (κ1) is 16.3. The van der Waals surface area contributed by atoms with Crippen LogP contribution in [0, 0.1) is 0 Å². The second kappa shape index (κ2) is 7.27. The Balaban J connectivity index is 2.07. The van der Waals surface area contributed by atoms with E-state index in [-0.39, 0.29) is 18.4 Å². The van der Waals surface area contributed by atoms with Gasteiger partial charge in [0.15, 0.2) is 0 Å². The first-order chi connectivity index (χ1) is 10.0. The van der Waals surface area contributed by atoms with Crippen molar-refractivity contribution in [3.8, 4) is 0 Å². The Labute approximate surface area is 137 Å². The Morgan fingerprint density at radius 1 is 1.24 bits per heavy atom. The van der Waals surface area contributed by atoms with Crippen LogP contribution in [0.2, 0.25) is 9.36 Å². The van der Waals surface area contributed by atoms with Gasteiger partial charge in [-0.15, -0.1) is 11.3 Å². The minimum atomic E-state index is -0.451. The molecule has 0 saturated carbocycles. The van der Waals surface area contributed by atoms with Crippen LogP contribution in [0.25, 0.3) is 0 Å². The van der Waals surface area contributed by atoms with Crippen molar-refractivity contribution >= 4 is 40.4 Å². The topological polar surface area (TPSA) is 49.3 Å². The monoisotopic (exact) mass is 343 g/mol. The van der Waals surface area contributed by atoms with E-state index in [0.717, 1.165) is 10.4 Å². The number of aliphatic hydroxyl groups excluding tert-OH is 1. The van der Waals surface area contributed by atoms with Crippen molar-refractivity contribution in [2.75, 3.05) is 6.61 Å². The molecule has 0 saturated heterocycles. The van der Waals surface area contributed by atoms with Gasteiger partial charge in [-0.25, -0.2) is 0 Å². The molecule has 112 valence electrons. The number of carbonyl (C=O) groups is 1. The standard InChI is InChI=1S/C15H15Cl2NO2S/c1-9(13-6-7-14(17)21-13)15(20)18-12(8-19)10-2-4-11(16)5-3-10/h2-7,9,12,19H,8H2,1H3,(H,18,20). The van der Waals surface area contributed by atoms with Crippen LogP contribution in [0.4, 0.5) is 0 Å². The van der Waals surface area contributed by atoms with Gasteiger partial charge in [-0.3, -0.25) is 4.79 Å². The first-order valence-electron chi connectivity index (χ1n) is 6.43. The highest BCUT2D eigenvalue weighted by molar-refractivity contribution is 7.16. The van der Waals surface area contributed by atoms with Gasteiger partial charge in [0.2, 0.25) is 5.91 Å². The molecule has 1 aromatic heterocycles. The summed E-state index contributed by atoms with van der Waals surface area (Å²) < 4.78 is 0.654. The molecule has 2 unspecified atom stereocenters. The summed E-state index contributed by atoms with van der Waals surface area (Å²) in [6, 6.07) is 10.2. The van der Waals surface area contributed by atoms with Crippen molar-refractivity contribution in [1.29, 1.82) is 0 Å². The van der Waals surface area contributed by atoms with Crippen LogP contribution >= 0.6 is 34.5 Å². The molecule has 0 aliphatic carbocycles. The highest BCUT2D eigenvalue weighted by Gasteiger charge is 2.21. The van der Waals surface area contributed by atoms with Gasteiger partial charge in [0, 0.05) is 9.90 Å². The Morgan fingerprint density at radius 3 is 2.43 bits per heavy atom. The lowest BCUT2D eigenvalue weighted by Crippen LogP contribution is -2.33. The van der Waals surface area contributed by atoms with E-state index >= 15 is 0 Å². The Bertz CT molecular complexity index is 612. The van der Waals surface area contributed by atoms with Gasteiger partial charge in [-0.2, -0.15) is 0 Å². The zero-order chi connectivity index (χ0) is 15.4. The van der Waals surface area contributed by atoms with Crippen LogP contribution in [0.1, 0.15) is 29.3 Å². The number of thiophene rings is 1. The average Bonchev–Trinajstić information content (AvgIpc) is 2.91. The Hall–Kier alpha value is -1.07. The molecule has 0 radical (unpaired) electrons. The number of hydrogen-bond donors (Lipinski definition) is 2. The van der Waals surface area contributed by atoms with Crippen molar-refractivity contribution < 1.29 is 9.90 Å². The number of nitrogens with one attached hydrogen (secondary N) is 1. The van der Waals surface area contributed by atoms with Gasteiger partial charge in [0.25, 0.3) is 0 Å². The Kier molecular flexibility index (Phi) is 5.65. The van der Waals surface area contributed by atoms with Gasteiger partial charge in [-0.1, -0.05) is 35.3 Å². The first-order valence-corrected chi connectivity index (χ1v) is 8.00. The maximum absolute atomic E-state index is 12.3. The predicted octanol–water partition coefficient (Wildman–Crippen LogP) is 4.01. The highest BCUT2D eigenvalue weighted by atomic mass is 35.5. The number of halogens is 2. The van der Waals surface area contributed by atoms with E-state index in [1.807, 2.05) is 13.0 Å². The van der Waals surface area contributed by atoms with Gasteiger partial charge in [0.05, 0.1) is 22.9 Å². The molecule has 2 N–H and O–H groups in total. The van der Waals surface area contributed by atoms with E-state index in [0.29, 0.717) is 9.36 Å². The summed E-state index contributed by atoms with van der Waals surface area (Å²) in [5, 5.41) is 12.9. The third kappa shape index (κ3) is 4.20. The summed E-state index contributed by atoms with van der Waals surface area (Å²) >= 11 is 13.1. The van der Waals surface area contributed by atoms with Crippen molar-refractivity contribution in [2.24, 2.45) is 0 Å². The molecule has 1 heterocycles. The van der Waals surface area contributed by atoms with Crippen molar-refractivity contribution in [3.63, 3.8) is 0 Å². The molecule has 21 heavy (non-hydrogen) atoms. The number of rotatable bonds is 5. The Morgan fingerprint density at radius 2 is 1.90 bits per heavy atom. The zero-order valence-corrected chi connectivity index (χ0v) is 13.7. The predicted molar refractivity (Wildman–Crippen MR) is 87.2 cm³/mol. The minimum Gasteiger partial charge on any atom is -0.394 e. The number of carbonyl (C=O) groups excluding carboxylic acids is 1. The summed E-state index contributed by atoms with van der Waals surface area (Å²) in [6.45, 7) is 1.64. The summed E-state index contributed by atoms with van der Waals surface area (Å²) in [6.07, 6.45) is 0. The third-order valence-corrected chi connectivity index (χ3v) is 4.85. The molecule has 0 aliphatic heterocycles. The lowest BCUT2D eigenvalue weighted by Gasteiger charge is -2.19. The largest absolute Gasteiger partial charge is 0.394 e. The molecule has 0 aliphatic rings. The normalized spacial score (nSPS) is 13.7. The zero-order valence-electron chi connectivity index (χ0n) is 11.3. The molecule has 2 aromatic rings. The van der Waals surface area contributed by atoms with Crippen LogP contribution < -0.4 is 5.32 Å². The van der Waals surface area contributed by atoms with Gasteiger partial charge >= 0.3 is 0 Å². The number of benzene rings is 1. The minimum absolute atomic E-state index is 0.150. The summed E-state index contributed by atoms with van der Waals surface area (Å²) in [5.74, 6) is -0.466. The fourth-order valence-corrected chi connectivity index (χ4v) is 3.15. The van der Waals surface area contributed by atoms with Gasteiger partial charge in [-0.05, 0) is 36.8 Å². The SMILES string of the molecule is CC(C(=O)NC(CO)c1ccc(Cl)cc1)c1ccc(Cl)s1. The molecule has 2 atom stereocenters. The van der Waals surface area contributed by atoms with Crippen LogP contribution in [0.5, 0.6) is 0 Å². The molecular weight excluding hydrogens is 329 g/mol. The molecule has 1 amide bonds. The van der Waals surface area contributed by atoms with Crippen LogP contribution in [0.3, 0.4) is 0 Å². The average molecular weight is 344 g/mol. The summed E-state index contributed by atoms with van der Waals surface area (Å²) in [7, 11) is 0. The second-order valence-corrected chi connectivity index (χ2v) is 6.84. The fraction of sp³-hybridized carbons (Fsp3) is 0.267. The lowest BCUT2D eigenvalue weighted by molar-refractivity contribution is -0.123. The van der Waals surface area contributed by atoms with Crippen molar-refractivity contribution in [3.05, 3.63) is 56.2 Å². The summed E-state index contributed by atoms with van der Waals surface area (Å²) in [4.78, 5) is 13.2. The summed E-state index contributed by atoms with van der Waals surface area (Å²) in [5.41, 5.74) is 0.812. The maximum Gasteiger partial charge on any atom is 0.228 e. The van der Waals surface area contributed by atoms with E-state index in [1.165, 1.54) is 11.3 Å². The maximum atomic E-state index is 12.3. The molecule has 6 heteroatoms. The number of amides is 1. The molecule has 0 spiro atoms. The lowest BCUT2D eigenvalue weighted by atomic mass is 10.1. The van der Waals surface area contributed by atoms with E-state index in [1.54, 1.807) is 30.3 Å². The quantitative estimate of drug-likeness (QED) is 0.861. The van der Waals surface area contributed by atoms with Crippen LogP contribution in [-0.4, -0.2) is 17.6 Å². The van der Waals surface area contributed by atoms with Gasteiger partial charge in [0.1, 0.15) is 0 Å². The molecular formula is C15H15Cl2NO2S. The van der Waals surface area contributed by atoms with Gasteiger partial charge < -0.3 is 10.4 Å². The third-order valence-electron chi connectivity index (χ3n) is 3.19. The second-order valence-electron chi connectivity index (χ2n) is 4.66. The molecule has 0 fully saturated rings. The van der Waals surface area contributed by atoms with E-state index < -0.39 is 6.04 Å². The molecule has 3 nitrogen and oxygen atoms in total. The van der Waals surface area contributed by atoms with Crippen LogP contribution in [-0.2, 0) is 4.79 Å². The van der Waals surface area contributed by atoms with Crippen molar-refractivity contribution in [1.82, 2.24) is 5.32 Å². The molecule has 0 bridgehead atoms. The fourth-order valence-electron chi connectivity index (χ4n) is 1.92. The van der Waals surface area contributed by atoms with E-state index in [2.05, 4.69) is 5.32 Å². The highest BCUT2D eigenvalue weighted by Crippen LogP contribution is 2.28. The number of hydrogen-bond acceptors (Lipinski definition) is 3. The number of aliphatic hydroxyl groups is 1. The molecule has 2 rings (SSSR count). The van der Waals surface area contributed by atoms with Crippen molar-refractivity contribution in [2.45, 2.75) is 18.9 Å². The van der Waals surface area contributed by atoms with E-state index in [9.17, 15) is 9.90 Å². The van der Waals surface area contributed by atoms with Crippen LogP contribution in [0.15, 0.2) is 36.4 Å². The van der Waals surface area contributed by atoms with E-state index in [4.69, 9.17) is 23.2 Å². The smallest absolute Gasteiger partial charge is 0.228 e.